The maximum Gasteiger partial charge on any atom is 0.332 e. The topological polar surface area (TPSA) is 77.4 Å². The Morgan fingerprint density at radius 3 is 2.17 bits per heavy atom. The molecule has 0 aliphatic carbocycles. The monoisotopic (exact) mass is 416 g/mol. The van der Waals surface area contributed by atoms with Gasteiger partial charge >= 0.3 is 5.69 Å². The molecule has 0 fully saturated rings. The van der Waals surface area contributed by atoms with Gasteiger partial charge in [0.1, 0.15) is 0 Å². The van der Waals surface area contributed by atoms with Gasteiger partial charge in [0.05, 0.1) is 12.3 Å². The number of nitrogens with zero attached hydrogens (tertiary/aromatic N) is 6. The zero-order valence-electron chi connectivity index (χ0n) is 19.7. The maximum absolute atomic E-state index is 13.4. The van der Waals surface area contributed by atoms with Crippen LogP contribution in [0.3, 0.4) is 0 Å². The Morgan fingerprint density at radius 1 is 1.00 bits per heavy atom. The Hall–Kier alpha value is -2.38. The van der Waals surface area contributed by atoms with Crippen molar-refractivity contribution in [3.8, 4) is 0 Å². The van der Waals surface area contributed by atoms with E-state index in [1.54, 1.807) is 7.05 Å². The van der Waals surface area contributed by atoms with Crippen LogP contribution in [0.5, 0.6) is 0 Å². The number of anilines is 1. The van der Waals surface area contributed by atoms with Gasteiger partial charge in [-0.05, 0) is 24.7 Å². The number of hydrogen-bond donors (Lipinski definition) is 0. The van der Waals surface area contributed by atoms with E-state index in [4.69, 9.17) is 10.1 Å². The van der Waals surface area contributed by atoms with Gasteiger partial charge in [-0.1, -0.05) is 48.5 Å². The van der Waals surface area contributed by atoms with E-state index in [1.165, 1.54) is 9.13 Å². The number of fused-ring (bicyclic) bond motifs is 3. The molecule has 0 amide bonds. The third kappa shape index (κ3) is 4.09. The SMILES string of the molecule is CC(C)CCN1N=C(C(C)(C)C)Cn2c1nc1c2c(=O)n(CCC(C)C)c(=O)n1C. The second-order valence-electron chi connectivity index (χ2n) is 10.3. The quantitative estimate of drug-likeness (QED) is 0.724. The van der Waals surface area contributed by atoms with Crippen LogP contribution in [0.15, 0.2) is 14.7 Å². The molecule has 8 heteroatoms. The van der Waals surface area contributed by atoms with Crippen molar-refractivity contribution in [3.63, 3.8) is 0 Å². The van der Waals surface area contributed by atoms with Gasteiger partial charge in [0.2, 0.25) is 5.95 Å². The summed E-state index contributed by atoms with van der Waals surface area (Å²) in [6, 6.07) is 0. The van der Waals surface area contributed by atoms with E-state index in [2.05, 4.69) is 48.5 Å². The summed E-state index contributed by atoms with van der Waals surface area (Å²) >= 11 is 0. The molecule has 2 aromatic rings. The number of aromatic nitrogens is 4. The van der Waals surface area contributed by atoms with E-state index in [9.17, 15) is 9.59 Å². The molecule has 2 aromatic heterocycles. The summed E-state index contributed by atoms with van der Waals surface area (Å²) in [6.07, 6.45) is 1.73. The van der Waals surface area contributed by atoms with Crippen molar-refractivity contribution in [3.05, 3.63) is 20.8 Å². The Bertz CT molecular complexity index is 1080. The second kappa shape index (κ2) is 8.04. The molecule has 0 spiro atoms. The number of imidazole rings is 1. The number of hydrogen-bond acceptors (Lipinski definition) is 5. The molecule has 0 saturated carbocycles. The molecule has 8 nitrogen and oxygen atoms in total. The van der Waals surface area contributed by atoms with Crippen LogP contribution in [-0.4, -0.2) is 30.9 Å². The number of hydrazone groups is 1. The summed E-state index contributed by atoms with van der Waals surface area (Å²) in [5.74, 6) is 1.57. The highest BCUT2D eigenvalue weighted by atomic mass is 16.2. The lowest BCUT2D eigenvalue weighted by atomic mass is 9.89. The van der Waals surface area contributed by atoms with Gasteiger partial charge in [0, 0.05) is 25.6 Å². The molecule has 0 bridgehead atoms. The predicted octanol–water partition coefficient (Wildman–Crippen LogP) is 3.21. The molecule has 3 heterocycles. The molecule has 3 rings (SSSR count). The molecule has 0 radical (unpaired) electrons. The van der Waals surface area contributed by atoms with Crippen LogP contribution >= 0.6 is 0 Å². The minimum absolute atomic E-state index is 0.137. The Labute approximate surface area is 178 Å². The first-order valence-corrected chi connectivity index (χ1v) is 11.0. The fraction of sp³-hybridized carbons (Fsp3) is 0.727. The van der Waals surface area contributed by atoms with Crippen LogP contribution in [-0.2, 0) is 20.1 Å². The number of aryl methyl sites for hydroxylation is 1. The predicted molar refractivity (Wildman–Crippen MR) is 122 cm³/mol. The van der Waals surface area contributed by atoms with E-state index >= 15 is 0 Å². The first-order valence-electron chi connectivity index (χ1n) is 11.0. The summed E-state index contributed by atoms with van der Waals surface area (Å²) in [5.41, 5.74) is 1.21. The van der Waals surface area contributed by atoms with Crippen LogP contribution < -0.4 is 16.3 Å². The lowest BCUT2D eigenvalue weighted by Gasteiger charge is -2.31. The van der Waals surface area contributed by atoms with Crippen LogP contribution in [0.4, 0.5) is 5.95 Å². The molecule has 1 aliphatic rings. The molecule has 0 unspecified atom stereocenters. The Balaban J connectivity index is 2.22. The average Bonchev–Trinajstić information content (AvgIpc) is 3.03. The number of rotatable bonds is 6. The highest BCUT2D eigenvalue weighted by Gasteiger charge is 2.31. The molecule has 30 heavy (non-hydrogen) atoms. The standard InChI is InChI=1S/C22H36N6O2/c1-14(2)9-11-26-19(29)17-18(25(8)21(26)30)23-20-27(17)13-16(22(5,6)7)24-28(20)12-10-15(3)4/h14-15H,9-13H2,1-8H3. The Morgan fingerprint density at radius 2 is 1.60 bits per heavy atom. The molecule has 0 N–H and O–H groups in total. The van der Waals surface area contributed by atoms with Crippen molar-refractivity contribution in [1.82, 2.24) is 18.7 Å². The van der Waals surface area contributed by atoms with Crippen LogP contribution in [0.25, 0.3) is 11.2 Å². The van der Waals surface area contributed by atoms with Crippen LogP contribution in [0.2, 0.25) is 0 Å². The molecule has 166 valence electrons. The van der Waals surface area contributed by atoms with E-state index in [0.29, 0.717) is 42.0 Å². The van der Waals surface area contributed by atoms with Crippen molar-refractivity contribution in [2.45, 2.75) is 74.4 Å². The second-order valence-corrected chi connectivity index (χ2v) is 10.3. The minimum atomic E-state index is -0.311. The van der Waals surface area contributed by atoms with Gasteiger partial charge < -0.3 is 0 Å². The molecular formula is C22H36N6O2. The summed E-state index contributed by atoms with van der Waals surface area (Å²) in [7, 11) is 1.69. The normalized spacial score (nSPS) is 14.7. The third-order valence-electron chi connectivity index (χ3n) is 5.71. The van der Waals surface area contributed by atoms with Crippen molar-refractivity contribution >= 4 is 22.8 Å². The Kier molecular flexibility index (Phi) is 5.98. The summed E-state index contributed by atoms with van der Waals surface area (Å²) in [4.78, 5) is 31.0. The maximum atomic E-state index is 13.4. The molecule has 0 saturated heterocycles. The summed E-state index contributed by atoms with van der Waals surface area (Å²) in [6.45, 7) is 16.6. The minimum Gasteiger partial charge on any atom is -0.297 e. The van der Waals surface area contributed by atoms with Gasteiger partial charge in [-0.25, -0.2) is 9.80 Å². The average molecular weight is 417 g/mol. The molecule has 1 aliphatic heterocycles. The highest BCUT2D eigenvalue weighted by molar-refractivity contribution is 5.93. The van der Waals surface area contributed by atoms with Crippen LogP contribution in [0.1, 0.15) is 61.3 Å². The van der Waals surface area contributed by atoms with Crippen molar-refractivity contribution < 1.29 is 0 Å². The van der Waals surface area contributed by atoms with Gasteiger partial charge in [0.25, 0.3) is 5.56 Å². The summed E-state index contributed by atoms with van der Waals surface area (Å²) in [5, 5.41) is 6.80. The fourth-order valence-corrected chi connectivity index (χ4v) is 3.58. The lowest BCUT2D eigenvalue weighted by molar-refractivity contribution is 0.487. The lowest BCUT2D eigenvalue weighted by Crippen LogP contribution is -2.41. The van der Waals surface area contributed by atoms with Crippen molar-refractivity contribution in [2.75, 3.05) is 11.6 Å². The zero-order chi connectivity index (χ0) is 22.4. The van der Waals surface area contributed by atoms with Crippen molar-refractivity contribution in [1.29, 1.82) is 0 Å². The highest BCUT2D eigenvalue weighted by Crippen LogP contribution is 2.29. The molecular weight excluding hydrogens is 380 g/mol. The van der Waals surface area contributed by atoms with E-state index < -0.39 is 0 Å². The molecule has 0 aromatic carbocycles. The first kappa shape index (κ1) is 22.3. The van der Waals surface area contributed by atoms with Gasteiger partial charge in [0.15, 0.2) is 11.2 Å². The third-order valence-corrected chi connectivity index (χ3v) is 5.71. The largest absolute Gasteiger partial charge is 0.332 e. The van der Waals surface area contributed by atoms with Gasteiger partial charge in [-0.2, -0.15) is 10.1 Å². The van der Waals surface area contributed by atoms with E-state index in [-0.39, 0.29) is 16.7 Å². The smallest absolute Gasteiger partial charge is 0.297 e. The molecule has 0 atom stereocenters. The first-order chi connectivity index (χ1) is 13.9. The zero-order valence-corrected chi connectivity index (χ0v) is 19.7. The summed E-state index contributed by atoms with van der Waals surface area (Å²) < 4.78 is 4.81. The van der Waals surface area contributed by atoms with Crippen LogP contribution in [0, 0.1) is 17.3 Å². The van der Waals surface area contributed by atoms with Gasteiger partial charge in [-0.3, -0.25) is 18.5 Å². The van der Waals surface area contributed by atoms with E-state index in [1.807, 2.05) is 9.58 Å². The van der Waals surface area contributed by atoms with Gasteiger partial charge in [-0.15, -0.1) is 0 Å². The fourth-order valence-electron chi connectivity index (χ4n) is 3.58. The van der Waals surface area contributed by atoms with Crippen molar-refractivity contribution in [2.24, 2.45) is 29.4 Å². The van der Waals surface area contributed by atoms with E-state index in [0.717, 1.165) is 25.1 Å².